The number of nitrogens with one attached hydrogen (secondary N) is 1. The normalized spacial score (nSPS) is 22.8. The highest BCUT2D eigenvalue weighted by molar-refractivity contribution is 5.83. The van der Waals surface area contributed by atoms with Crippen LogP contribution in [0.25, 0.3) is 10.8 Å². The van der Waals surface area contributed by atoms with Gasteiger partial charge in [-0.3, -0.25) is 0 Å². The molecule has 2 aromatic carbocycles. The van der Waals surface area contributed by atoms with Crippen molar-refractivity contribution in [1.82, 2.24) is 5.32 Å². The smallest absolute Gasteiger partial charge is 0.120 e. The predicted molar refractivity (Wildman–Crippen MR) is 79.6 cm³/mol. The highest BCUT2D eigenvalue weighted by atomic mass is 16.5. The van der Waals surface area contributed by atoms with Crippen LogP contribution in [0.5, 0.6) is 5.75 Å². The summed E-state index contributed by atoms with van der Waals surface area (Å²) in [5.41, 5.74) is 0. The Morgan fingerprint density at radius 2 is 1.95 bits per heavy atom. The molecule has 0 saturated heterocycles. The summed E-state index contributed by atoms with van der Waals surface area (Å²) in [6.07, 6.45) is 4.02. The van der Waals surface area contributed by atoms with Gasteiger partial charge >= 0.3 is 0 Å². The average molecular weight is 255 g/mol. The Balaban J connectivity index is 1.68. The zero-order valence-corrected chi connectivity index (χ0v) is 11.4. The first-order valence-corrected chi connectivity index (χ1v) is 7.15. The zero-order chi connectivity index (χ0) is 13.1. The highest BCUT2D eigenvalue weighted by Gasteiger charge is 2.25. The molecule has 0 bridgehead atoms. The molecule has 2 nitrogen and oxygen atoms in total. The van der Waals surface area contributed by atoms with E-state index in [1.807, 2.05) is 7.05 Å². The Kier molecular flexibility index (Phi) is 3.69. The van der Waals surface area contributed by atoms with Crippen molar-refractivity contribution in [1.29, 1.82) is 0 Å². The van der Waals surface area contributed by atoms with E-state index < -0.39 is 0 Å². The van der Waals surface area contributed by atoms with Gasteiger partial charge in [-0.05, 0) is 61.7 Å². The van der Waals surface area contributed by atoms with E-state index in [0.717, 1.165) is 18.2 Å². The molecule has 3 rings (SSSR count). The summed E-state index contributed by atoms with van der Waals surface area (Å²) in [5, 5.41) is 5.79. The second kappa shape index (κ2) is 5.62. The van der Waals surface area contributed by atoms with Crippen LogP contribution in [0.3, 0.4) is 0 Å². The fourth-order valence-corrected chi connectivity index (χ4v) is 3.04. The molecule has 1 aliphatic rings. The highest BCUT2D eigenvalue weighted by Crippen LogP contribution is 2.30. The molecule has 0 aliphatic heterocycles. The lowest BCUT2D eigenvalue weighted by molar-refractivity contribution is 0.204. The molecule has 2 unspecified atom stereocenters. The molecule has 1 N–H and O–H groups in total. The van der Waals surface area contributed by atoms with Crippen LogP contribution in [0.4, 0.5) is 0 Å². The van der Waals surface area contributed by atoms with E-state index in [2.05, 4.69) is 47.8 Å². The molecule has 1 aliphatic carbocycles. The van der Waals surface area contributed by atoms with Crippen LogP contribution in [0.15, 0.2) is 42.5 Å². The van der Waals surface area contributed by atoms with Gasteiger partial charge in [0.15, 0.2) is 0 Å². The third-order valence-corrected chi connectivity index (χ3v) is 4.01. The summed E-state index contributed by atoms with van der Waals surface area (Å²) in [5.74, 6) is 1.78. The van der Waals surface area contributed by atoms with Gasteiger partial charge in [-0.15, -0.1) is 0 Å². The topological polar surface area (TPSA) is 21.3 Å². The summed E-state index contributed by atoms with van der Waals surface area (Å²) in [6, 6.07) is 14.8. The zero-order valence-electron chi connectivity index (χ0n) is 11.4. The van der Waals surface area contributed by atoms with Crippen LogP contribution in [0, 0.1) is 5.92 Å². The molecular formula is C17H21NO. The van der Waals surface area contributed by atoms with Crippen molar-refractivity contribution < 1.29 is 4.74 Å². The van der Waals surface area contributed by atoms with Crippen molar-refractivity contribution >= 4 is 10.8 Å². The van der Waals surface area contributed by atoms with Crippen molar-refractivity contribution in [2.24, 2.45) is 5.92 Å². The molecule has 19 heavy (non-hydrogen) atoms. The van der Waals surface area contributed by atoms with Gasteiger partial charge in [0, 0.05) is 0 Å². The Labute approximate surface area is 114 Å². The van der Waals surface area contributed by atoms with Crippen LogP contribution in [-0.2, 0) is 0 Å². The van der Waals surface area contributed by atoms with E-state index >= 15 is 0 Å². The lowest BCUT2D eigenvalue weighted by atomic mass is 10.1. The van der Waals surface area contributed by atoms with Gasteiger partial charge in [-0.1, -0.05) is 30.3 Å². The summed E-state index contributed by atoms with van der Waals surface area (Å²) < 4.78 is 6.13. The minimum atomic E-state index is 0.388. The van der Waals surface area contributed by atoms with Crippen LogP contribution in [0.2, 0.25) is 0 Å². The molecule has 0 spiro atoms. The summed E-state index contributed by atoms with van der Waals surface area (Å²) >= 11 is 0. The minimum absolute atomic E-state index is 0.388. The van der Waals surface area contributed by atoms with E-state index in [4.69, 9.17) is 4.74 Å². The third-order valence-electron chi connectivity index (χ3n) is 4.01. The largest absolute Gasteiger partial charge is 0.490 e. The van der Waals surface area contributed by atoms with Gasteiger partial charge in [0.1, 0.15) is 5.75 Å². The van der Waals surface area contributed by atoms with Gasteiger partial charge < -0.3 is 10.1 Å². The molecule has 2 heteroatoms. The first kappa shape index (κ1) is 12.5. The molecule has 0 radical (unpaired) electrons. The molecule has 1 saturated carbocycles. The minimum Gasteiger partial charge on any atom is -0.490 e. The Morgan fingerprint density at radius 1 is 1.11 bits per heavy atom. The van der Waals surface area contributed by atoms with E-state index in [1.54, 1.807) is 0 Å². The first-order valence-electron chi connectivity index (χ1n) is 7.15. The molecule has 100 valence electrons. The third kappa shape index (κ3) is 2.90. The average Bonchev–Trinajstić information content (AvgIpc) is 2.86. The second-order valence-corrected chi connectivity index (χ2v) is 5.49. The second-order valence-electron chi connectivity index (χ2n) is 5.49. The lowest BCUT2D eigenvalue weighted by Crippen LogP contribution is -2.18. The van der Waals surface area contributed by atoms with E-state index in [-0.39, 0.29) is 0 Å². The monoisotopic (exact) mass is 255 g/mol. The van der Waals surface area contributed by atoms with Gasteiger partial charge in [-0.25, -0.2) is 0 Å². The number of rotatable bonds is 4. The number of benzene rings is 2. The van der Waals surface area contributed by atoms with E-state index in [0.29, 0.717) is 6.10 Å². The molecule has 1 fully saturated rings. The van der Waals surface area contributed by atoms with Gasteiger partial charge in [0.25, 0.3) is 0 Å². The quantitative estimate of drug-likeness (QED) is 0.901. The van der Waals surface area contributed by atoms with Crippen molar-refractivity contribution in [3.63, 3.8) is 0 Å². The number of fused-ring (bicyclic) bond motifs is 1. The van der Waals surface area contributed by atoms with Crippen molar-refractivity contribution in [3.05, 3.63) is 42.5 Å². The van der Waals surface area contributed by atoms with Crippen molar-refractivity contribution in [2.45, 2.75) is 25.4 Å². The first-order chi connectivity index (χ1) is 9.35. The van der Waals surface area contributed by atoms with Gasteiger partial charge in [-0.2, -0.15) is 0 Å². The Hall–Kier alpha value is -1.54. The van der Waals surface area contributed by atoms with Crippen LogP contribution >= 0.6 is 0 Å². The maximum atomic E-state index is 6.13. The number of ether oxygens (including phenoxy) is 1. The molecular weight excluding hydrogens is 234 g/mol. The molecule has 0 amide bonds. The fourth-order valence-electron chi connectivity index (χ4n) is 3.04. The van der Waals surface area contributed by atoms with Crippen molar-refractivity contribution in [3.8, 4) is 5.75 Å². The number of hydrogen-bond donors (Lipinski definition) is 1. The standard InChI is InChI=1S/C17H21NO/c1-18-12-13-6-8-16(10-13)19-17-9-7-14-4-2-3-5-15(14)11-17/h2-5,7,9,11,13,16,18H,6,8,10,12H2,1H3. The molecule has 0 aromatic heterocycles. The number of hydrogen-bond acceptors (Lipinski definition) is 2. The Morgan fingerprint density at radius 3 is 2.79 bits per heavy atom. The SMILES string of the molecule is CNCC1CCC(Oc2ccc3ccccc3c2)C1. The Bertz CT molecular complexity index is 552. The summed E-state index contributed by atoms with van der Waals surface area (Å²) in [7, 11) is 2.03. The molecule has 2 atom stereocenters. The molecule has 2 aromatic rings. The molecule has 0 heterocycles. The van der Waals surface area contributed by atoms with Crippen LogP contribution < -0.4 is 10.1 Å². The van der Waals surface area contributed by atoms with E-state index in [1.165, 1.54) is 30.0 Å². The van der Waals surface area contributed by atoms with Crippen molar-refractivity contribution in [2.75, 3.05) is 13.6 Å². The summed E-state index contributed by atoms with van der Waals surface area (Å²) in [6.45, 7) is 1.11. The lowest BCUT2D eigenvalue weighted by Gasteiger charge is -2.14. The fraction of sp³-hybridized carbons (Fsp3) is 0.412. The van der Waals surface area contributed by atoms with Crippen LogP contribution in [0.1, 0.15) is 19.3 Å². The maximum Gasteiger partial charge on any atom is 0.120 e. The predicted octanol–water partition coefficient (Wildman–Crippen LogP) is 3.61. The van der Waals surface area contributed by atoms with Gasteiger partial charge in [0.2, 0.25) is 0 Å². The van der Waals surface area contributed by atoms with Crippen LogP contribution in [-0.4, -0.2) is 19.7 Å². The van der Waals surface area contributed by atoms with Gasteiger partial charge in [0.05, 0.1) is 6.10 Å². The maximum absolute atomic E-state index is 6.13. The summed E-state index contributed by atoms with van der Waals surface area (Å²) in [4.78, 5) is 0. The van der Waals surface area contributed by atoms with E-state index in [9.17, 15) is 0 Å².